The fourth-order valence-corrected chi connectivity index (χ4v) is 7.41. The van der Waals surface area contributed by atoms with Gasteiger partial charge in [0.05, 0.1) is 6.20 Å². The molecule has 1 aliphatic heterocycles. The predicted octanol–water partition coefficient (Wildman–Crippen LogP) is 8.38. The van der Waals surface area contributed by atoms with Crippen molar-refractivity contribution in [3.8, 4) is 22.3 Å². The topological polar surface area (TPSA) is 32.3 Å². The fraction of sp³-hybridized carbons (Fsp3) is 0.222. The van der Waals surface area contributed by atoms with Crippen molar-refractivity contribution in [3.05, 3.63) is 120 Å². The van der Waals surface area contributed by atoms with E-state index in [4.69, 9.17) is 4.98 Å². The summed E-state index contributed by atoms with van der Waals surface area (Å²) in [6, 6.07) is 31.6. The Balaban J connectivity index is 1.20. The molecule has 0 spiro atoms. The second kappa shape index (κ2) is 8.04. The van der Waals surface area contributed by atoms with Crippen LogP contribution in [0.5, 0.6) is 0 Å². The number of aromatic nitrogens is 2. The maximum Gasteiger partial charge on any atom is 0.160 e. The van der Waals surface area contributed by atoms with E-state index in [-0.39, 0.29) is 10.8 Å². The van der Waals surface area contributed by atoms with Crippen LogP contribution in [-0.4, -0.2) is 23.1 Å². The lowest BCUT2D eigenvalue weighted by Crippen LogP contribution is -2.37. The molecule has 0 amide bonds. The number of rotatable bonds is 2. The highest BCUT2D eigenvalue weighted by Crippen LogP contribution is 2.52. The van der Waals surface area contributed by atoms with Crippen LogP contribution in [0.15, 0.2) is 97.5 Å². The van der Waals surface area contributed by atoms with E-state index in [1.807, 2.05) is 6.20 Å². The molecule has 4 heteroatoms. The van der Waals surface area contributed by atoms with Crippen molar-refractivity contribution >= 4 is 22.9 Å². The standard InChI is InChI=1S/C36H32N4/c1-35(2)29-11-7-5-9-25(29)27-19-23(13-15-31(27)35)39-17-18-40(34-33(39)21-37-22-38-34)24-14-16-32-28(20-24)26-10-6-8-12-30(26)36(32,3)4/h5-16,19-22H,17-18H2,1-4H3. The highest BCUT2D eigenvalue weighted by molar-refractivity contribution is 5.88. The molecule has 1 aromatic heterocycles. The molecule has 0 radical (unpaired) electrons. The van der Waals surface area contributed by atoms with E-state index in [1.165, 1.54) is 55.9 Å². The van der Waals surface area contributed by atoms with E-state index in [0.717, 1.165) is 24.6 Å². The van der Waals surface area contributed by atoms with E-state index < -0.39 is 0 Å². The van der Waals surface area contributed by atoms with Crippen molar-refractivity contribution in [2.24, 2.45) is 0 Å². The zero-order chi connectivity index (χ0) is 27.2. The second-order valence-electron chi connectivity index (χ2n) is 12.3. The summed E-state index contributed by atoms with van der Waals surface area (Å²) in [5.74, 6) is 0.952. The number of hydrogen-bond donors (Lipinski definition) is 0. The average Bonchev–Trinajstić information content (AvgIpc) is 3.36. The van der Waals surface area contributed by atoms with Crippen LogP contribution in [0.25, 0.3) is 22.3 Å². The fourth-order valence-electron chi connectivity index (χ4n) is 7.41. The van der Waals surface area contributed by atoms with Crippen LogP contribution in [0.1, 0.15) is 49.9 Å². The number of fused-ring (bicyclic) bond motifs is 7. The van der Waals surface area contributed by atoms with E-state index in [1.54, 1.807) is 6.33 Å². The first-order valence-corrected chi connectivity index (χ1v) is 14.2. The molecular formula is C36H32N4. The third-order valence-corrected chi connectivity index (χ3v) is 9.52. The van der Waals surface area contributed by atoms with Gasteiger partial charge in [-0.2, -0.15) is 0 Å². The first kappa shape index (κ1) is 23.4. The normalized spacial score (nSPS) is 17.1. The van der Waals surface area contributed by atoms with Gasteiger partial charge in [-0.25, -0.2) is 9.97 Å². The lowest BCUT2D eigenvalue weighted by atomic mass is 9.82. The summed E-state index contributed by atoms with van der Waals surface area (Å²) in [5.41, 5.74) is 14.3. The Labute approximate surface area is 236 Å². The van der Waals surface area contributed by atoms with E-state index in [2.05, 4.69) is 127 Å². The van der Waals surface area contributed by atoms with Gasteiger partial charge in [0, 0.05) is 35.3 Å². The molecule has 196 valence electrons. The van der Waals surface area contributed by atoms with Crippen molar-refractivity contribution in [1.82, 2.24) is 9.97 Å². The van der Waals surface area contributed by atoms with Gasteiger partial charge in [-0.15, -0.1) is 0 Å². The summed E-state index contributed by atoms with van der Waals surface area (Å²) in [7, 11) is 0. The van der Waals surface area contributed by atoms with Crippen LogP contribution >= 0.6 is 0 Å². The molecule has 0 unspecified atom stereocenters. The average molecular weight is 521 g/mol. The third-order valence-electron chi connectivity index (χ3n) is 9.52. The van der Waals surface area contributed by atoms with Crippen LogP contribution in [0, 0.1) is 0 Å². The minimum Gasteiger partial charge on any atom is -0.335 e. The smallest absolute Gasteiger partial charge is 0.160 e. The SMILES string of the molecule is CC1(C)c2ccccc2-c2cc(N3CCN(c4ccc5c(c4)-c4ccccc4C5(C)C)c4ncncc43)ccc21. The van der Waals surface area contributed by atoms with Gasteiger partial charge >= 0.3 is 0 Å². The Morgan fingerprint density at radius 1 is 0.575 bits per heavy atom. The molecule has 5 aromatic rings. The highest BCUT2D eigenvalue weighted by atomic mass is 15.3. The molecule has 4 aromatic carbocycles. The van der Waals surface area contributed by atoms with Crippen LogP contribution in [0.2, 0.25) is 0 Å². The second-order valence-corrected chi connectivity index (χ2v) is 12.3. The lowest BCUT2D eigenvalue weighted by molar-refractivity contribution is 0.660. The molecule has 40 heavy (non-hydrogen) atoms. The summed E-state index contributed by atoms with van der Waals surface area (Å²) in [4.78, 5) is 14.0. The van der Waals surface area contributed by atoms with Crippen LogP contribution < -0.4 is 9.80 Å². The van der Waals surface area contributed by atoms with Crippen LogP contribution in [0.3, 0.4) is 0 Å². The molecular weight excluding hydrogens is 488 g/mol. The number of nitrogens with zero attached hydrogens (tertiary/aromatic N) is 4. The third kappa shape index (κ3) is 3.08. The highest BCUT2D eigenvalue weighted by Gasteiger charge is 2.37. The largest absolute Gasteiger partial charge is 0.335 e. The van der Waals surface area contributed by atoms with Gasteiger partial charge in [0.2, 0.25) is 0 Å². The summed E-state index contributed by atoms with van der Waals surface area (Å²) < 4.78 is 0. The molecule has 0 saturated heterocycles. The molecule has 0 atom stereocenters. The van der Waals surface area contributed by atoms with Crippen molar-refractivity contribution < 1.29 is 0 Å². The Bertz CT molecular complexity index is 1700. The Kier molecular flexibility index (Phi) is 4.72. The van der Waals surface area contributed by atoms with Crippen molar-refractivity contribution in [2.45, 2.75) is 38.5 Å². The van der Waals surface area contributed by atoms with Crippen molar-refractivity contribution in [1.29, 1.82) is 0 Å². The van der Waals surface area contributed by atoms with Gasteiger partial charge in [-0.3, -0.25) is 0 Å². The summed E-state index contributed by atoms with van der Waals surface area (Å²) in [6.07, 6.45) is 3.63. The molecule has 4 nitrogen and oxygen atoms in total. The quantitative estimate of drug-likeness (QED) is 0.234. The monoisotopic (exact) mass is 520 g/mol. The molecule has 8 rings (SSSR count). The molecule has 0 saturated carbocycles. The predicted molar refractivity (Wildman–Crippen MR) is 164 cm³/mol. The maximum absolute atomic E-state index is 4.82. The molecule has 0 N–H and O–H groups in total. The Hall–Kier alpha value is -4.44. The molecule has 0 bridgehead atoms. The number of anilines is 4. The van der Waals surface area contributed by atoms with Gasteiger partial charge in [0.1, 0.15) is 12.0 Å². The number of benzene rings is 4. The van der Waals surface area contributed by atoms with Gasteiger partial charge in [0.15, 0.2) is 5.82 Å². The van der Waals surface area contributed by atoms with Gasteiger partial charge in [-0.05, 0) is 68.8 Å². The van der Waals surface area contributed by atoms with E-state index >= 15 is 0 Å². The first-order valence-electron chi connectivity index (χ1n) is 14.2. The van der Waals surface area contributed by atoms with E-state index in [0.29, 0.717) is 0 Å². The Morgan fingerprint density at radius 3 is 1.68 bits per heavy atom. The summed E-state index contributed by atoms with van der Waals surface area (Å²) in [6.45, 7) is 11.0. The molecule has 2 aliphatic carbocycles. The Morgan fingerprint density at radius 2 is 1.07 bits per heavy atom. The van der Waals surface area contributed by atoms with Crippen molar-refractivity contribution in [2.75, 3.05) is 22.9 Å². The molecule has 3 aliphatic rings. The van der Waals surface area contributed by atoms with E-state index in [9.17, 15) is 0 Å². The minimum absolute atomic E-state index is 0.00395. The lowest BCUT2D eigenvalue weighted by Gasteiger charge is -2.38. The zero-order valence-electron chi connectivity index (χ0n) is 23.4. The van der Waals surface area contributed by atoms with Crippen LogP contribution in [0.4, 0.5) is 22.9 Å². The van der Waals surface area contributed by atoms with Gasteiger partial charge in [0.25, 0.3) is 0 Å². The minimum atomic E-state index is 0.00395. The molecule has 2 heterocycles. The van der Waals surface area contributed by atoms with Gasteiger partial charge in [-0.1, -0.05) is 88.4 Å². The number of hydrogen-bond acceptors (Lipinski definition) is 4. The summed E-state index contributed by atoms with van der Waals surface area (Å²) in [5, 5.41) is 0. The maximum atomic E-state index is 4.82. The van der Waals surface area contributed by atoms with Crippen molar-refractivity contribution in [3.63, 3.8) is 0 Å². The first-order chi connectivity index (χ1) is 19.4. The zero-order valence-corrected chi connectivity index (χ0v) is 23.4. The molecule has 0 fully saturated rings. The van der Waals surface area contributed by atoms with Gasteiger partial charge < -0.3 is 9.80 Å². The summed E-state index contributed by atoms with van der Waals surface area (Å²) >= 11 is 0. The van der Waals surface area contributed by atoms with Crippen LogP contribution in [-0.2, 0) is 10.8 Å².